The lowest BCUT2D eigenvalue weighted by molar-refractivity contribution is 0.0957. The van der Waals surface area contributed by atoms with E-state index in [1.54, 1.807) is 24.3 Å². The van der Waals surface area contributed by atoms with E-state index >= 15 is 0 Å². The van der Waals surface area contributed by atoms with Gasteiger partial charge in [-0.05, 0) is 24.6 Å². The van der Waals surface area contributed by atoms with Crippen LogP contribution in [0.5, 0.6) is 5.75 Å². The van der Waals surface area contributed by atoms with Crippen LogP contribution in [0.2, 0.25) is 0 Å². The number of nitrogens with one attached hydrogen (secondary N) is 1. The highest BCUT2D eigenvalue weighted by atomic mass is 16.5. The van der Waals surface area contributed by atoms with Crippen LogP contribution in [0.4, 0.5) is 5.69 Å². The molecule has 1 aromatic rings. The fourth-order valence-corrected chi connectivity index (χ4v) is 1.28. The molecule has 4 heteroatoms. The normalized spacial score (nSPS) is 9.71. The second kappa shape index (κ2) is 6.58. The fraction of sp³-hybridized carbons (Fsp3) is 0.308. The van der Waals surface area contributed by atoms with Crippen LogP contribution in [-0.4, -0.2) is 19.1 Å². The number of nitrogen functional groups attached to an aromatic ring is 1. The predicted octanol–water partition coefficient (Wildman–Crippen LogP) is 1.97. The van der Waals surface area contributed by atoms with Gasteiger partial charge in [-0.2, -0.15) is 0 Å². The van der Waals surface area contributed by atoms with E-state index < -0.39 is 0 Å². The Balaban J connectivity index is 2.79. The molecule has 0 saturated heterocycles. The van der Waals surface area contributed by atoms with Crippen molar-refractivity contribution < 1.29 is 9.53 Å². The van der Waals surface area contributed by atoms with Gasteiger partial charge in [0.15, 0.2) is 0 Å². The summed E-state index contributed by atoms with van der Waals surface area (Å²) in [6, 6.07) is 5.00. The molecule has 0 radical (unpaired) electrons. The maximum Gasteiger partial charge on any atom is 0.251 e. The largest absolute Gasteiger partial charge is 0.491 e. The first-order valence-electron chi connectivity index (χ1n) is 5.60. The molecule has 92 valence electrons. The molecule has 0 fully saturated rings. The molecule has 0 aliphatic rings. The number of benzene rings is 1. The van der Waals surface area contributed by atoms with Gasteiger partial charge in [0, 0.05) is 12.1 Å². The highest BCUT2D eigenvalue weighted by Crippen LogP contribution is 2.22. The molecule has 1 amide bonds. The smallest absolute Gasteiger partial charge is 0.251 e. The molecular formula is C13H18N2O2. The Labute approximate surface area is 101 Å². The highest BCUT2D eigenvalue weighted by Gasteiger charge is 2.08. The molecule has 1 rings (SSSR count). The van der Waals surface area contributed by atoms with Crippen LogP contribution in [0.1, 0.15) is 23.7 Å². The molecule has 0 heterocycles. The maximum atomic E-state index is 11.7. The molecule has 4 nitrogen and oxygen atoms in total. The number of carbonyl (C=O) groups excluding carboxylic acids is 1. The monoisotopic (exact) mass is 234 g/mol. The molecule has 0 aliphatic carbocycles. The van der Waals surface area contributed by atoms with E-state index in [-0.39, 0.29) is 5.91 Å². The van der Waals surface area contributed by atoms with E-state index in [0.717, 1.165) is 6.42 Å². The average molecular weight is 234 g/mol. The molecule has 1 aromatic carbocycles. The molecule has 0 aliphatic heterocycles. The first-order chi connectivity index (χ1) is 8.19. The molecule has 0 aromatic heterocycles. The number of nitrogens with two attached hydrogens (primary N) is 1. The van der Waals surface area contributed by atoms with Crippen molar-refractivity contribution in [3.05, 3.63) is 36.4 Å². The van der Waals surface area contributed by atoms with Gasteiger partial charge in [-0.3, -0.25) is 4.79 Å². The Morgan fingerprint density at radius 3 is 3.00 bits per heavy atom. The Morgan fingerprint density at radius 1 is 1.59 bits per heavy atom. The Kier molecular flexibility index (Phi) is 5.07. The lowest BCUT2D eigenvalue weighted by Crippen LogP contribution is -2.23. The summed E-state index contributed by atoms with van der Waals surface area (Å²) in [4.78, 5) is 11.7. The minimum atomic E-state index is -0.161. The van der Waals surface area contributed by atoms with Gasteiger partial charge in [0.25, 0.3) is 5.91 Å². The van der Waals surface area contributed by atoms with Crippen molar-refractivity contribution in [1.29, 1.82) is 0 Å². The van der Waals surface area contributed by atoms with Crippen LogP contribution in [0.15, 0.2) is 30.9 Å². The fourth-order valence-electron chi connectivity index (χ4n) is 1.28. The van der Waals surface area contributed by atoms with Crippen molar-refractivity contribution >= 4 is 11.6 Å². The molecule has 17 heavy (non-hydrogen) atoms. The molecular weight excluding hydrogens is 216 g/mol. The van der Waals surface area contributed by atoms with Crippen LogP contribution < -0.4 is 15.8 Å². The topological polar surface area (TPSA) is 64.4 Å². The summed E-state index contributed by atoms with van der Waals surface area (Å²) in [7, 11) is 0. The molecule has 0 saturated carbocycles. The van der Waals surface area contributed by atoms with E-state index in [9.17, 15) is 4.79 Å². The van der Waals surface area contributed by atoms with Gasteiger partial charge in [-0.15, -0.1) is 6.58 Å². The van der Waals surface area contributed by atoms with Crippen LogP contribution in [0, 0.1) is 0 Å². The van der Waals surface area contributed by atoms with Gasteiger partial charge >= 0.3 is 0 Å². The quantitative estimate of drug-likeness (QED) is 0.584. The average Bonchev–Trinajstić information content (AvgIpc) is 2.35. The number of carbonyl (C=O) groups is 1. The highest BCUT2D eigenvalue weighted by molar-refractivity contribution is 5.95. The van der Waals surface area contributed by atoms with Gasteiger partial charge in [0.1, 0.15) is 5.75 Å². The first kappa shape index (κ1) is 13.1. The molecule has 0 atom stereocenters. The lowest BCUT2D eigenvalue weighted by Gasteiger charge is -2.09. The van der Waals surface area contributed by atoms with E-state index in [4.69, 9.17) is 10.5 Å². The molecule has 0 unspecified atom stereocenters. The van der Waals surface area contributed by atoms with Crippen molar-refractivity contribution in [2.45, 2.75) is 13.3 Å². The van der Waals surface area contributed by atoms with Crippen LogP contribution in [-0.2, 0) is 0 Å². The SMILES string of the molecule is C=CCNC(=O)c1ccc(N)c(OCCC)c1. The number of hydrogen-bond donors (Lipinski definition) is 2. The Bertz CT molecular complexity index is 402. The van der Waals surface area contributed by atoms with Gasteiger partial charge in [-0.25, -0.2) is 0 Å². The number of anilines is 1. The Hall–Kier alpha value is -1.97. The van der Waals surface area contributed by atoms with Gasteiger partial charge in [0.05, 0.1) is 12.3 Å². The zero-order valence-corrected chi connectivity index (χ0v) is 10.0. The van der Waals surface area contributed by atoms with Crippen molar-refractivity contribution in [3.8, 4) is 5.75 Å². The summed E-state index contributed by atoms with van der Waals surface area (Å²) in [6.45, 7) is 6.57. The van der Waals surface area contributed by atoms with Crippen LogP contribution >= 0.6 is 0 Å². The summed E-state index contributed by atoms with van der Waals surface area (Å²) in [5.74, 6) is 0.393. The predicted molar refractivity (Wildman–Crippen MR) is 69.2 cm³/mol. The summed E-state index contributed by atoms with van der Waals surface area (Å²) in [5, 5.41) is 2.70. The van der Waals surface area contributed by atoms with Crippen molar-refractivity contribution in [2.75, 3.05) is 18.9 Å². The Morgan fingerprint density at radius 2 is 2.35 bits per heavy atom. The summed E-state index contributed by atoms with van der Waals surface area (Å²) in [6.07, 6.45) is 2.52. The number of rotatable bonds is 6. The second-order valence-electron chi connectivity index (χ2n) is 3.60. The van der Waals surface area contributed by atoms with E-state index in [1.807, 2.05) is 6.92 Å². The van der Waals surface area contributed by atoms with Crippen LogP contribution in [0.25, 0.3) is 0 Å². The van der Waals surface area contributed by atoms with Crippen molar-refractivity contribution in [2.24, 2.45) is 0 Å². The summed E-state index contributed by atoms with van der Waals surface area (Å²) in [5.41, 5.74) is 6.83. The third-order valence-corrected chi connectivity index (χ3v) is 2.14. The molecule has 3 N–H and O–H groups in total. The van der Waals surface area contributed by atoms with E-state index in [2.05, 4.69) is 11.9 Å². The first-order valence-corrected chi connectivity index (χ1v) is 5.60. The summed E-state index contributed by atoms with van der Waals surface area (Å²) < 4.78 is 5.46. The van der Waals surface area contributed by atoms with Crippen molar-refractivity contribution in [3.63, 3.8) is 0 Å². The zero-order valence-electron chi connectivity index (χ0n) is 10.0. The van der Waals surface area contributed by atoms with E-state index in [0.29, 0.717) is 30.2 Å². The summed E-state index contributed by atoms with van der Waals surface area (Å²) >= 11 is 0. The third kappa shape index (κ3) is 3.83. The lowest BCUT2D eigenvalue weighted by atomic mass is 10.2. The molecule has 0 bridgehead atoms. The number of hydrogen-bond acceptors (Lipinski definition) is 3. The third-order valence-electron chi connectivity index (χ3n) is 2.14. The number of ether oxygens (including phenoxy) is 1. The van der Waals surface area contributed by atoms with Crippen molar-refractivity contribution in [1.82, 2.24) is 5.32 Å². The van der Waals surface area contributed by atoms with Gasteiger partial charge in [0.2, 0.25) is 0 Å². The van der Waals surface area contributed by atoms with E-state index in [1.165, 1.54) is 0 Å². The maximum absolute atomic E-state index is 11.7. The minimum absolute atomic E-state index is 0.161. The standard InChI is InChI=1S/C13H18N2O2/c1-3-7-15-13(16)10-5-6-11(14)12(9-10)17-8-4-2/h3,5-6,9H,1,4,7-8,14H2,2H3,(H,15,16). The zero-order chi connectivity index (χ0) is 12.7. The second-order valence-corrected chi connectivity index (χ2v) is 3.60. The van der Waals surface area contributed by atoms with Gasteiger partial charge < -0.3 is 15.8 Å². The number of amides is 1. The van der Waals surface area contributed by atoms with Crippen LogP contribution in [0.3, 0.4) is 0 Å². The minimum Gasteiger partial charge on any atom is -0.491 e. The molecule has 0 spiro atoms. The van der Waals surface area contributed by atoms with Gasteiger partial charge in [-0.1, -0.05) is 13.0 Å².